The smallest absolute Gasteiger partial charge is 0.357 e. The molecule has 1 aromatic heterocycles. The lowest BCUT2D eigenvalue weighted by molar-refractivity contribution is -0.136. The lowest BCUT2D eigenvalue weighted by atomic mass is 10.1. The van der Waals surface area contributed by atoms with E-state index in [-0.39, 0.29) is 12.2 Å². The van der Waals surface area contributed by atoms with Gasteiger partial charge in [-0.15, -0.1) is 11.3 Å². The van der Waals surface area contributed by atoms with Crippen molar-refractivity contribution < 1.29 is 26.3 Å². The van der Waals surface area contributed by atoms with Crippen molar-refractivity contribution in [2.75, 3.05) is 11.4 Å². The number of hydrogen-bond donors (Lipinski definition) is 0. The Morgan fingerprint density at radius 2 is 1.53 bits per heavy atom. The van der Waals surface area contributed by atoms with E-state index >= 15 is 0 Å². The number of alkyl halides is 6. The summed E-state index contributed by atoms with van der Waals surface area (Å²) in [7, 11) is 0. The van der Waals surface area contributed by atoms with E-state index in [2.05, 4.69) is 9.69 Å². The van der Waals surface area contributed by atoms with E-state index in [9.17, 15) is 26.3 Å². The minimum absolute atomic E-state index is 0.265. The monoisotopic (exact) mass is 465 g/mol. The van der Waals surface area contributed by atoms with Crippen molar-refractivity contribution in [1.29, 1.82) is 0 Å². The molecule has 3 nitrogen and oxygen atoms in total. The van der Waals surface area contributed by atoms with Gasteiger partial charge in [-0.25, -0.2) is 9.69 Å². The Bertz CT molecular complexity index is 1180. The third-order valence-corrected chi connectivity index (χ3v) is 5.55. The van der Waals surface area contributed by atoms with Crippen LogP contribution in [0.15, 0.2) is 54.6 Å². The van der Waals surface area contributed by atoms with Crippen molar-refractivity contribution in [2.24, 2.45) is 0 Å². The van der Waals surface area contributed by atoms with Crippen molar-refractivity contribution in [3.05, 3.63) is 87.9 Å². The molecule has 32 heavy (non-hydrogen) atoms. The minimum Gasteiger partial charge on any atom is -0.357 e. The predicted molar refractivity (Wildman–Crippen MR) is 111 cm³/mol. The third kappa shape index (κ3) is 5.59. The number of halogens is 6. The highest BCUT2D eigenvalue weighted by molar-refractivity contribution is 7.15. The van der Waals surface area contributed by atoms with Crippen LogP contribution in [0.4, 0.5) is 43.4 Å². The highest BCUT2D eigenvalue weighted by atomic mass is 32.1. The standard InChI is InChI=1S/C22H13F6N3S/c1-29-15-5-3-14(4-6-15)20-10-8-17(32-20)12-31(13-21(23,24)25)16-7-9-19(30-2)18(11-16)22(26,27)28/h3-11H,12-13H2. The van der Waals surface area contributed by atoms with Gasteiger partial charge < -0.3 is 4.90 Å². The molecule has 0 saturated carbocycles. The van der Waals surface area contributed by atoms with Gasteiger partial charge in [0.1, 0.15) is 6.54 Å². The summed E-state index contributed by atoms with van der Waals surface area (Å²) in [6, 6.07) is 12.6. The largest absolute Gasteiger partial charge is 0.407 e. The van der Waals surface area contributed by atoms with Crippen molar-refractivity contribution >= 4 is 28.4 Å². The molecule has 0 aliphatic rings. The lowest BCUT2D eigenvalue weighted by Gasteiger charge is -2.26. The molecule has 0 radical (unpaired) electrons. The first-order valence-electron chi connectivity index (χ1n) is 8.97. The second-order valence-corrected chi connectivity index (χ2v) is 7.88. The molecule has 0 N–H and O–H groups in total. The van der Waals surface area contributed by atoms with Crippen LogP contribution in [0.25, 0.3) is 20.1 Å². The Morgan fingerprint density at radius 3 is 2.09 bits per heavy atom. The van der Waals surface area contributed by atoms with Gasteiger partial charge in [-0.2, -0.15) is 26.3 Å². The van der Waals surface area contributed by atoms with Crippen LogP contribution in [0, 0.1) is 13.1 Å². The zero-order valence-corrected chi connectivity index (χ0v) is 16.9. The van der Waals surface area contributed by atoms with Crippen LogP contribution < -0.4 is 4.90 Å². The Balaban J connectivity index is 1.94. The number of anilines is 1. The van der Waals surface area contributed by atoms with Gasteiger partial charge >= 0.3 is 12.4 Å². The van der Waals surface area contributed by atoms with E-state index < -0.39 is 30.1 Å². The molecule has 0 spiro atoms. The number of thiophene rings is 1. The number of nitrogens with zero attached hydrogens (tertiary/aromatic N) is 3. The van der Waals surface area contributed by atoms with Gasteiger partial charge in [0.05, 0.1) is 25.3 Å². The number of benzene rings is 2. The maximum absolute atomic E-state index is 13.3. The average Bonchev–Trinajstić information content (AvgIpc) is 3.20. The van der Waals surface area contributed by atoms with Crippen molar-refractivity contribution in [1.82, 2.24) is 0 Å². The fourth-order valence-corrected chi connectivity index (χ4v) is 4.04. The van der Waals surface area contributed by atoms with E-state index in [1.807, 2.05) is 0 Å². The summed E-state index contributed by atoms with van der Waals surface area (Å²) in [5, 5.41) is 0. The van der Waals surface area contributed by atoms with Crippen molar-refractivity contribution in [3.63, 3.8) is 0 Å². The summed E-state index contributed by atoms with van der Waals surface area (Å²) < 4.78 is 79.4. The molecule has 3 aromatic rings. The van der Waals surface area contributed by atoms with Crippen LogP contribution in [0.2, 0.25) is 0 Å². The molecule has 0 fully saturated rings. The van der Waals surface area contributed by atoms with Gasteiger partial charge in [-0.05, 0) is 29.8 Å². The predicted octanol–water partition coefficient (Wildman–Crippen LogP) is 8.10. The summed E-state index contributed by atoms with van der Waals surface area (Å²) in [5.41, 5.74) is -1.00. The fourth-order valence-electron chi connectivity index (χ4n) is 3.01. The zero-order valence-electron chi connectivity index (χ0n) is 16.1. The summed E-state index contributed by atoms with van der Waals surface area (Å²) in [6.45, 7) is 12.2. The topological polar surface area (TPSA) is 12.0 Å². The molecule has 0 aliphatic heterocycles. The van der Waals surface area contributed by atoms with E-state index in [4.69, 9.17) is 13.1 Å². The van der Waals surface area contributed by atoms with Gasteiger partial charge in [-0.1, -0.05) is 30.3 Å². The molecular weight excluding hydrogens is 452 g/mol. The molecule has 0 saturated heterocycles. The van der Waals surface area contributed by atoms with Gasteiger partial charge in [0.15, 0.2) is 11.4 Å². The summed E-state index contributed by atoms with van der Waals surface area (Å²) in [6.07, 6.45) is -9.51. The van der Waals surface area contributed by atoms with E-state index in [0.29, 0.717) is 16.6 Å². The van der Waals surface area contributed by atoms with Crippen LogP contribution in [-0.4, -0.2) is 12.7 Å². The Labute approximate surface area is 183 Å². The molecule has 10 heteroatoms. The van der Waals surface area contributed by atoms with Gasteiger partial charge in [0.2, 0.25) is 0 Å². The first kappa shape index (κ1) is 23.2. The quantitative estimate of drug-likeness (QED) is 0.274. The summed E-state index contributed by atoms with van der Waals surface area (Å²) in [5.74, 6) is 0. The number of hydrogen-bond acceptors (Lipinski definition) is 2. The zero-order chi connectivity index (χ0) is 23.5. The highest BCUT2D eigenvalue weighted by Crippen LogP contribution is 2.40. The molecule has 0 atom stereocenters. The van der Waals surface area contributed by atoms with Gasteiger partial charge in [0.25, 0.3) is 0 Å². The van der Waals surface area contributed by atoms with Crippen molar-refractivity contribution in [2.45, 2.75) is 18.9 Å². The maximum atomic E-state index is 13.3. The fraction of sp³-hybridized carbons (Fsp3) is 0.182. The molecule has 0 unspecified atom stereocenters. The molecule has 0 amide bonds. The Kier molecular flexibility index (Phi) is 6.47. The molecule has 0 bridgehead atoms. The lowest BCUT2D eigenvalue weighted by Crippen LogP contribution is -2.33. The van der Waals surface area contributed by atoms with Gasteiger partial charge in [0, 0.05) is 15.4 Å². The SMILES string of the molecule is [C-]#[N+]c1ccc(-c2ccc(CN(CC(F)(F)F)c3ccc([N+]#[C-])c(C(F)(F)F)c3)s2)cc1. The molecule has 0 aliphatic carbocycles. The Morgan fingerprint density at radius 1 is 0.844 bits per heavy atom. The summed E-state index contributed by atoms with van der Waals surface area (Å²) >= 11 is 1.21. The molecule has 164 valence electrons. The first-order chi connectivity index (χ1) is 15.0. The van der Waals surface area contributed by atoms with Crippen molar-refractivity contribution in [3.8, 4) is 10.4 Å². The highest BCUT2D eigenvalue weighted by Gasteiger charge is 2.36. The van der Waals surface area contributed by atoms with Crippen LogP contribution in [0.3, 0.4) is 0 Å². The van der Waals surface area contributed by atoms with Crippen LogP contribution in [0.1, 0.15) is 10.4 Å². The second kappa shape index (κ2) is 8.93. The van der Waals surface area contributed by atoms with Crippen LogP contribution in [-0.2, 0) is 12.7 Å². The van der Waals surface area contributed by atoms with E-state index in [1.165, 1.54) is 11.3 Å². The Hall–Kier alpha value is -3.50. The van der Waals surface area contributed by atoms with Crippen LogP contribution >= 0.6 is 11.3 Å². The molecule has 2 aromatic carbocycles. The minimum atomic E-state index is -4.87. The number of rotatable bonds is 5. The molecule has 3 rings (SSSR count). The molecular formula is C22H13F6N3S. The third-order valence-electron chi connectivity index (χ3n) is 4.43. The summed E-state index contributed by atoms with van der Waals surface area (Å²) in [4.78, 5) is 8.19. The maximum Gasteiger partial charge on any atom is 0.407 e. The van der Waals surface area contributed by atoms with Crippen LogP contribution in [0.5, 0.6) is 0 Å². The van der Waals surface area contributed by atoms with Gasteiger partial charge in [-0.3, -0.25) is 0 Å². The van der Waals surface area contributed by atoms with E-state index in [1.54, 1.807) is 36.4 Å². The normalized spacial score (nSPS) is 11.6. The molecule has 1 heterocycles. The van der Waals surface area contributed by atoms with E-state index in [0.717, 1.165) is 27.5 Å². The second-order valence-electron chi connectivity index (χ2n) is 6.71. The first-order valence-corrected chi connectivity index (χ1v) is 9.79. The average molecular weight is 465 g/mol.